The number of anilines is 1. The first-order valence-electron chi connectivity index (χ1n) is 7.93. The fraction of sp³-hybridized carbons (Fsp3) is 0.562. The van der Waals surface area contributed by atoms with Crippen LogP contribution in [0.2, 0.25) is 0 Å². The van der Waals surface area contributed by atoms with Crippen LogP contribution in [0.15, 0.2) is 18.2 Å². The molecule has 0 radical (unpaired) electrons. The quantitative estimate of drug-likeness (QED) is 0.600. The van der Waals surface area contributed by atoms with E-state index in [1.807, 2.05) is 6.92 Å². The summed E-state index contributed by atoms with van der Waals surface area (Å²) in [6.45, 7) is 2.24. The summed E-state index contributed by atoms with van der Waals surface area (Å²) < 4.78 is 5.26. The van der Waals surface area contributed by atoms with Crippen molar-refractivity contribution in [2.75, 3.05) is 17.7 Å². The number of nitrogens with one attached hydrogen (secondary N) is 1. The van der Waals surface area contributed by atoms with Gasteiger partial charge in [0.05, 0.1) is 23.3 Å². The van der Waals surface area contributed by atoms with Crippen LogP contribution < -0.4 is 10.1 Å². The van der Waals surface area contributed by atoms with E-state index in [1.54, 1.807) is 17.8 Å². The number of carbonyl (C=O) groups is 1. The Balaban J connectivity index is 1.94. The highest BCUT2D eigenvalue weighted by Crippen LogP contribution is 2.31. The van der Waals surface area contributed by atoms with E-state index in [2.05, 4.69) is 5.32 Å². The maximum atomic E-state index is 12.1. The predicted molar refractivity (Wildman–Crippen MR) is 92.2 cm³/mol. The standard InChI is InChI=1S/C16H22N2O4S/c1-2-22-12-8-9-14(15(10-12)18(20)21)17-16(19)11-23-13-6-4-3-5-7-13/h8-10,13H,2-7,11H2,1H3,(H,17,19). The van der Waals surface area contributed by atoms with Crippen LogP contribution >= 0.6 is 11.8 Å². The van der Waals surface area contributed by atoms with E-state index in [9.17, 15) is 14.9 Å². The van der Waals surface area contributed by atoms with Gasteiger partial charge in [-0.05, 0) is 31.9 Å². The summed E-state index contributed by atoms with van der Waals surface area (Å²) in [7, 11) is 0. The molecular formula is C16H22N2O4S. The number of ether oxygens (including phenoxy) is 1. The largest absolute Gasteiger partial charge is 0.494 e. The van der Waals surface area contributed by atoms with Gasteiger partial charge in [0.1, 0.15) is 11.4 Å². The first-order chi connectivity index (χ1) is 11.1. The number of hydrogen-bond donors (Lipinski definition) is 1. The minimum Gasteiger partial charge on any atom is -0.494 e. The van der Waals surface area contributed by atoms with Crippen molar-refractivity contribution in [2.24, 2.45) is 0 Å². The highest BCUT2D eigenvalue weighted by Gasteiger charge is 2.19. The van der Waals surface area contributed by atoms with Crippen LogP contribution in [-0.4, -0.2) is 28.4 Å². The Kier molecular flexibility index (Phi) is 6.70. The summed E-state index contributed by atoms with van der Waals surface area (Å²) >= 11 is 1.64. The van der Waals surface area contributed by atoms with E-state index < -0.39 is 4.92 Å². The summed E-state index contributed by atoms with van der Waals surface area (Å²) in [6, 6.07) is 4.49. The Hall–Kier alpha value is -1.76. The molecule has 0 bridgehead atoms. The molecule has 0 heterocycles. The number of rotatable bonds is 7. The average molecular weight is 338 g/mol. The zero-order chi connectivity index (χ0) is 16.7. The summed E-state index contributed by atoms with van der Waals surface area (Å²) in [5.74, 6) is 0.552. The molecule has 7 heteroatoms. The summed E-state index contributed by atoms with van der Waals surface area (Å²) in [5.41, 5.74) is 0.0691. The molecule has 0 atom stereocenters. The molecule has 1 aliphatic rings. The Morgan fingerprint density at radius 3 is 2.78 bits per heavy atom. The third-order valence-electron chi connectivity index (χ3n) is 3.75. The van der Waals surface area contributed by atoms with Gasteiger partial charge >= 0.3 is 0 Å². The fourth-order valence-electron chi connectivity index (χ4n) is 2.64. The average Bonchev–Trinajstić information content (AvgIpc) is 2.55. The van der Waals surface area contributed by atoms with E-state index in [1.165, 1.54) is 31.4 Å². The lowest BCUT2D eigenvalue weighted by Gasteiger charge is -2.20. The molecule has 2 rings (SSSR count). The second-order valence-corrected chi connectivity index (χ2v) is 6.78. The molecule has 0 aromatic heterocycles. The molecule has 1 aliphatic carbocycles. The van der Waals surface area contributed by atoms with Gasteiger partial charge in [-0.25, -0.2) is 0 Å². The smallest absolute Gasteiger partial charge is 0.296 e. The van der Waals surface area contributed by atoms with Crippen LogP contribution in [0.4, 0.5) is 11.4 Å². The van der Waals surface area contributed by atoms with E-state index in [-0.39, 0.29) is 17.3 Å². The third-order valence-corrected chi connectivity index (χ3v) is 5.12. The highest BCUT2D eigenvalue weighted by molar-refractivity contribution is 8.00. The number of carbonyl (C=O) groups excluding carboxylic acids is 1. The van der Waals surface area contributed by atoms with Crippen LogP contribution in [0.25, 0.3) is 0 Å². The number of hydrogen-bond acceptors (Lipinski definition) is 5. The summed E-state index contributed by atoms with van der Waals surface area (Å²) in [5, 5.41) is 14.3. The number of benzene rings is 1. The molecule has 0 unspecified atom stereocenters. The van der Waals surface area contributed by atoms with Crippen molar-refractivity contribution in [1.82, 2.24) is 0 Å². The van der Waals surface area contributed by atoms with Gasteiger partial charge in [-0.2, -0.15) is 0 Å². The van der Waals surface area contributed by atoms with Crippen molar-refractivity contribution in [2.45, 2.75) is 44.3 Å². The van der Waals surface area contributed by atoms with Crippen molar-refractivity contribution in [3.05, 3.63) is 28.3 Å². The van der Waals surface area contributed by atoms with Crippen molar-refractivity contribution >= 4 is 29.0 Å². The monoisotopic (exact) mass is 338 g/mol. The van der Waals surface area contributed by atoms with Crippen molar-refractivity contribution in [1.29, 1.82) is 0 Å². The van der Waals surface area contributed by atoms with E-state index in [0.717, 1.165) is 12.8 Å². The molecule has 0 saturated heterocycles. The maximum absolute atomic E-state index is 12.1. The number of amides is 1. The van der Waals surface area contributed by atoms with Gasteiger partial charge in [0.15, 0.2) is 0 Å². The number of nitrogens with zero attached hydrogens (tertiary/aromatic N) is 1. The lowest BCUT2D eigenvalue weighted by molar-refractivity contribution is -0.384. The van der Waals surface area contributed by atoms with Crippen LogP contribution in [0.5, 0.6) is 5.75 Å². The molecule has 23 heavy (non-hydrogen) atoms. The number of nitro groups is 1. The van der Waals surface area contributed by atoms with Gasteiger partial charge in [-0.1, -0.05) is 19.3 Å². The molecule has 1 amide bonds. The van der Waals surface area contributed by atoms with E-state index >= 15 is 0 Å². The second-order valence-electron chi connectivity index (χ2n) is 5.49. The zero-order valence-corrected chi connectivity index (χ0v) is 14.1. The molecule has 126 valence electrons. The van der Waals surface area contributed by atoms with E-state index in [4.69, 9.17) is 4.74 Å². The van der Waals surface area contributed by atoms with Gasteiger partial charge in [0, 0.05) is 5.25 Å². The molecule has 6 nitrogen and oxygen atoms in total. The molecule has 1 saturated carbocycles. The lowest BCUT2D eigenvalue weighted by Crippen LogP contribution is -2.18. The summed E-state index contributed by atoms with van der Waals surface area (Å²) in [6.07, 6.45) is 6.04. The first-order valence-corrected chi connectivity index (χ1v) is 8.97. The van der Waals surface area contributed by atoms with Crippen LogP contribution in [-0.2, 0) is 4.79 Å². The molecule has 1 aromatic rings. The first kappa shape index (κ1) is 17.6. The Morgan fingerprint density at radius 2 is 2.13 bits per heavy atom. The normalized spacial score (nSPS) is 15.2. The van der Waals surface area contributed by atoms with Crippen LogP contribution in [0.3, 0.4) is 0 Å². The van der Waals surface area contributed by atoms with Gasteiger partial charge in [-0.15, -0.1) is 11.8 Å². The fourth-order valence-corrected chi connectivity index (χ4v) is 3.76. The lowest BCUT2D eigenvalue weighted by atomic mass is 10.0. The minimum absolute atomic E-state index is 0.146. The van der Waals surface area contributed by atoms with Crippen LogP contribution in [0.1, 0.15) is 39.0 Å². The Labute approximate surface area is 140 Å². The summed E-state index contributed by atoms with van der Waals surface area (Å²) in [4.78, 5) is 22.7. The molecular weight excluding hydrogens is 316 g/mol. The highest BCUT2D eigenvalue weighted by atomic mass is 32.2. The number of nitro benzene ring substituents is 1. The van der Waals surface area contributed by atoms with Crippen molar-refractivity contribution < 1.29 is 14.5 Å². The van der Waals surface area contributed by atoms with Crippen molar-refractivity contribution in [3.8, 4) is 5.75 Å². The van der Waals surface area contributed by atoms with E-state index in [0.29, 0.717) is 23.4 Å². The Bertz CT molecular complexity index is 559. The topological polar surface area (TPSA) is 81.5 Å². The number of thioether (sulfide) groups is 1. The molecule has 0 aliphatic heterocycles. The molecule has 1 aromatic carbocycles. The Morgan fingerprint density at radius 1 is 1.39 bits per heavy atom. The maximum Gasteiger partial charge on any atom is 0.296 e. The SMILES string of the molecule is CCOc1ccc(NC(=O)CSC2CCCCC2)c([N+](=O)[O-])c1. The zero-order valence-electron chi connectivity index (χ0n) is 13.2. The van der Waals surface area contributed by atoms with Gasteiger partial charge in [0.2, 0.25) is 5.91 Å². The minimum atomic E-state index is -0.508. The second kappa shape index (κ2) is 8.76. The van der Waals surface area contributed by atoms with Gasteiger partial charge < -0.3 is 10.1 Å². The third kappa shape index (κ3) is 5.42. The van der Waals surface area contributed by atoms with Gasteiger partial charge in [-0.3, -0.25) is 14.9 Å². The molecule has 1 N–H and O–H groups in total. The molecule has 0 spiro atoms. The van der Waals surface area contributed by atoms with Crippen LogP contribution in [0, 0.1) is 10.1 Å². The molecule has 1 fully saturated rings. The predicted octanol–water partition coefficient (Wildman–Crippen LogP) is 4.00. The van der Waals surface area contributed by atoms with Gasteiger partial charge in [0.25, 0.3) is 5.69 Å². The van der Waals surface area contributed by atoms with Crippen molar-refractivity contribution in [3.63, 3.8) is 0 Å².